The van der Waals surface area contributed by atoms with E-state index in [-0.39, 0.29) is 0 Å². The number of nitrogens with zero attached hydrogens (tertiary/aromatic N) is 1. The number of benzene rings is 9. The van der Waals surface area contributed by atoms with Crippen LogP contribution in [0.15, 0.2) is 186 Å². The van der Waals surface area contributed by atoms with Crippen molar-refractivity contribution in [3.8, 4) is 44.5 Å². The van der Waals surface area contributed by atoms with Gasteiger partial charge in [0.2, 0.25) is 0 Å². The van der Waals surface area contributed by atoms with Gasteiger partial charge in [0.15, 0.2) is 5.58 Å². The predicted octanol–water partition coefficient (Wildman–Crippen LogP) is 14.7. The summed E-state index contributed by atoms with van der Waals surface area (Å²) in [5.74, 6) is 0. The van der Waals surface area contributed by atoms with Crippen LogP contribution in [0.2, 0.25) is 0 Å². The van der Waals surface area contributed by atoms with E-state index in [4.69, 9.17) is 4.42 Å². The highest BCUT2D eigenvalue weighted by molar-refractivity contribution is 6.15. The van der Waals surface area contributed by atoms with Crippen molar-refractivity contribution in [2.75, 3.05) is 4.90 Å². The van der Waals surface area contributed by atoms with E-state index < -0.39 is 0 Å². The Kier molecular flexibility index (Phi) is 6.50. The van der Waals surface area contributed by atoms with Gasteiger partial charge in [0.05, 0.1) is 5.69 Å². The summed E-state index contributed by atoms with van der Waals surface area (Å²) in [4.78, 5) is 2.39. The lowest BCUT2D eigenvalue weighted by Gasteiger charge is -2.29. The van der Waals surface area contributed by atoms with Crippen LogP contribution in [0, 0.1) is 6.92 Å². The molecular weight excluding hydrogens is 643 g/mol. The topological polar surface area (TPSA) is 16.4 Å². The molecule has 10 aromatic rings. The summed E-state index contributed by atoms with van der Waals surface area (Å²) in [5, 5.41) is 7.20. The Morgan fingerprint density at radius 3 is 1.68 bits per heavy atom. The third kappa shape index (κ3) is 4.73. The molecular formula is C51H33NO. The summed E-state index contributed by atoms with van der Waals surface area (Å²) in [6.45, 7) is 2.14. The molecule has 0 atom stereocenters. The third-order valence-corrected chi connectivity index (χ3v) is 11.0. The van der Waals surface area contributed by atoms with Crippen molar-refractivity contribution in [3.05, 3.63) is 188 Å². The number of rotatable bonds is 5. The van der Waals surface area contributed by atoms with E-state index in [1.165, 1.54) is 60.5 Å². The standard InChI is InChI=1S/C51H33NO/c1-32-16-21-40(22-17-32)52(50-42(34-12-6-3-7-13-34)24-25-44-43-14-8-9-15-49(43)53-51(44)50)41-23-20-37-29-46-45-28-36-19-18-35(33-10-4-2-5-11-33)26-38(36)30-47(45)48(46)31-39(37)27-41/h2-31H,1H3. The molecule has 0 aliphatic heterocycles. The summed E-state index contributed by atoms with van der Waals surface area (Å²) in [6.07, 6.45) is 0. The van der Waals surface area contributed by atoms with Gasteiger partial charge >= 0.3 is 0 Å². The van der Waals surface area contributed by atoms with E-state index in [9.17, 15) is 0 Å². The van der Waals surface area contributed by atoms with E-state index in [0.717, 1.165) is 50.1 Å². The van der Waals surface area contributed by atoms with Crippen LogP contribution in [-0.2, 0) is 0 Å². The van der Waals surface area contributed by atoms with Crippen molar-refractivity contribution in [2.45, 2.75) is 6.92 Å². The Hall–Kier alpha value is -6.90. The summed E-state index contributed by atoms with van der Waals surface area (Å²) in [7, 11) is 0. The highest BCUT2D eigenvalue weighted by Gasteiger charge is 2.26. The maximum absolute atomic E-state index is 6.79. The van der Waals surface area contributed by atoms with Crippen molar-refractivity contribution in [1.29, 1.82) is 0 Å². The minimum absolute atomic E-state index is 0.876. The fraction of sp³-hybridized carbons (Fsp3) is 0.0196. The number of para-hydroxylation sites is 1. The first-order chi connectivity index (χ1) is 26.2. The number of fused-ring (bicyclic) bond motifs is 9. The molecule has 0 bridgehead atoms. The van der Waals surface area contributed by atoms with E-state index in [1.54, 1.807) is 0 Å². The Bertz CT molecular complexity index is 3050. The van der Waals surface area contributed by atoms with Gasteiger partial charge in [0.25, 0.3) is 0 Å². The summed E-state index contributed by atoms with van der Waals surface area (Å²) < 4.78 is 6.79. The first-order valence-electron chi connectivity index (χ1n) is 18.2. The molecule has 11 rings (SSSR count). The van der Waals surface area contributed by atoms with Crippen molar-refractivity contribution in [2.24, 2.45) is 0 Å². The first-order valence-corrected chi connectivity index (χ1v) is 18.2. The molecule has 0 spiro atoms. The van der Waals surface area contributed by atoms with Crippen LogP contribution < -0.4 is 4.90 Å². The molecule has 0 unspecified atom stereocenters. The zero-order chi connectivity index (χ0) is 35.0. The molecule has 1 aliphatic carbocycles. The number of aryl methyl sites for hydroxylation is 1. The lowest BCUT2D eigenvalue weighted by atomic mass is 9.77. The molecule has 53 heavy (non-hydrogen) atoms. The lowest BCUT2D eigenvalue weighted by Crippen LogP contribution is -2.12. The Balaban J connectivity index is 1.10. The van der Waals surface area contributed by atoms with Gasteiger partial charge in [0.1, 0.15) is 5.58 Å². The molecule has 0 fully saturated rings. The molecule has 1 aromatic heterocycles. The molecule has 1 heterocycles. The zero-order valence-corrected chi connectivity index (χ0v) is 29.2. The number of hydrogen-bond donors (Lipinski definition) is 0. The van der Waals surface area contributed by atoms with Crippen molar-refractivity contribution >= 4 is 60.5 Å². The van der Waals surface area contributed by atoms with Gasteiger partial charge in [0, 0.05) is 27.7 Å². The maximum Gasteiger partial charge on any atom is 0.160 e. The lowest BCUT2D eigenvalue weighted by molar-refractivity contribution is 0.669. The fourth-order valence-electron chi connectivity index (χ4n) is 8.31. The summed E-state index contributed by atoms with van der Waals surface area (Å²) >= 11 is 0. The second-order valence-electron chi connectivity index (χ2n) is 14.2. The first kappa shape index (κ1) is 29.8. The Morgan fingerprint density at radius 2 is 0.962 bits per heavy atom. The van der Waals surface area contributed by atoms with Gasteiger partial charge in [-0.15, -0.1) is 0 Å². The van der Waals surface area contributed by atoms with Crippen LogP contribution in [0.4, 0.5) is 17.1 Å². The summed E-state index contributed by atoms with van der Waals surface area (Å²) in [6, 6.07) is 66.1. The minimum Gasteiger partial charge on any atom is -0.454 e. The van der Waals surface area contributed by atoms with Crippen molar-refractivity contribution in [1.82, 2.24) is 0 Å². The number of anilines is 3. The minimum atomic E-state index is 0.876. The molecule has 2 nitrogen and oxygen atoms in total. The van der Waals surface area contributed by atoms with E-state index in [2.05, 4.69) is 188 Å². The van der Waals surface area contributed by atoms with E-state index in [0.29, 0.717) is 0 Å². The number of hydrogen-bond acceptors (Lipinski definition) is 2. The molecule has 0 saturated heterocycles. The highest BCUT2D eigenvalue weighted by Crippen LogP contribution is 2.52. The van der Waals surface area contributed by atoms with E-state index in [1.807, 2.05) is 6.07 Å². The normalized spacial score (nSPS) is 11.9. The van der Waals surface area contributed by atoms with E-state index >= 15 is 0 Å². The molecule has 9 aromatic carbocycles. The largest absolute Gasteiger partial charge is 0.454 e. The zero-order valence-electron chi connectivity index (χ0n) is 29.2. The monoisotopic (exact) mass is 675 g/mol. The molecule has 0 N–H and O–H groups in total. The summed E-state index contributed by atoms with van der Waals surface area (Å²) in [5.41, 5.74) is 16.2. The van der Waals surface area contributed by atoms with Gasteiger partial charge < -0.3 is 9.32 Å². The predicted molar refractivity (Wildman–Crippen MR) is 223 cm³/mol. The van der Waals surface area contributed by atoms with Gasteiger partial charge in [-0.2, -0.15) is 0 Å². The average molecular weight is 676 g/mol. The fourth-order valence-corrected chi connectivity index (χ4v) is 8.31. The van der Waals surface area contributed by atoms with Crippen molar-refractivity contribution < 1.29 is 4.42 Å². The Labute approximate surface area is 307 Å². The molecule has 2 heteroatoms. The third-order valence-electron chi connectivity index (χ3n) is 11.0. The van der Waals surface area contributed by atoms with Crippen LogP contribution in [0.1, 0.15) is 5.56 Å². The Morgan fingerprint density at radius 1 is 0.377 bits per heavy atom. The van der Waals surface area contributed by atoms with Gasteiger partial charge in [-0.3, -0.25) is 0 Å². The van der Waals surface area contributed by atoms with Crippen LogP contribution in [0.5, 0.6) is 0 Å². The smallest absolute Gasteiger partial charge is 0.160 e. The van der Waals surface area contributed by atoms with Crippen LogP contribution in [0.25, 0.3) is 88.0 Å². The van der Waals surface area contributed by atoms with Crippen LogP contribution in [0.3, 0.4) is 0 Å². The molecule has 0 amide bonds. The quantitative estimate of drug-likeness (QED) is 0.181. The SMILES string of the molecule is Cc1ccc(N(c2ccc3cc4c(cc3c2)-c2cc3cc(-c5ccccc5)ccc3cc2-4)c2c(-c3ccccc3)ccc3c2oc2ccccc23)cc1. The van der Waals surface area contributed by atoms with Crippen LogP contribution >= 0.6 is 0 Å². The second kappa shape index (κ2) is 11.6. The maximum atomic E-state index is 6.79. The average Bonchev–Trinajstić information content (AvgIpc) is 3.60. The van der Waals surface area contributed by atoms with Crippen molar-refractivity contribution in [3.63, 3.8) is 0 Å². The molecule has 0 saturated carbocycles. The molecule has 248 valence electrons. The van der Waals surface area contributed by atoms with Gasteiger partial charge in [-0.05, 0) is 134 Å². The highest BCUT2D eigenvalue weighted by atomic mass is 16.3. The van der Waals surface area contributed by atoms with Gasteiger partial charge in [-0.1, -0.05) is 121 Å². The molecule has 0 radical (unpaired) electrons. The van der Waals surface area contributed by atoms with Crippen LogP contribution in [-0.4, -0.2) is 0 Å². The number of furan rings is 1. The second-order valence-corrected chi connectivity index (χ2v) is 14.2. The molecule has 1 aliphatic rings. The van der Waals surface area contributed by atoms with Gasteiger partial charge in [-0.25, -0.2) is 0 Å².